The molecule has 1 N–H and O–H groups in total. The predicted molar refractivity (Wildman–Crippen MR) is 77.9 cm³/mol. The van der Waals surface area contributed by atoms with Gasteiger partial charge >= 0.3 is 0 Å². The summed E-state index contributed by atoms with van der Waals surface area (Å²) in [5.41, 5.74) is 1.29. The van der Waals surface area contributed by atoms with Crippen molar-refractivity contribution in [2.75, 3.05) is 6.61 Å². The lowest BCUT2D eigenvalue weighted by molar-refractivity contribution is 0.363. The highest BCUT2D eigenvalue weighted by Crippen LogP contribution is 2.13. The first-order valence-electron chi connectivity index (χ1n) is 6.73. The minimum Gasteiger partial charge on any atom is -0.490 e. The van der Waals surface area contributed by atoms with Gasteiger partial charge in [0.1, 0.15) is 12.4 Å². The van der Waals surface area contributed by atoms with Crippen LogP contribution in [0.2, 0.25) is 0 Å². The van der Waals surface area contributed by atoms with Crippen molar-refractivity contribution in [3.05, 3.63) is 42.5 Å². The Morgan fingerprint density at radius 3 is 2.50 bits per heavy atom. The van der Waals surface area contributed by atoms with Gasteiger partial charge in [0.25, 0.3) is 0 Å². The molecule has 0 aliphatic heterocycles. The third-order valence-electron chi connectivity index (χ3n) is 3.42. The van der Waals surface area contributed by atoms with Crippen molar-refractivity contribution < 1.29 is 4.74 Å². The maximum absolute atomic E-state index is 5.45. The Hall–Kier alpha value is -1.28. The second-order valence-corrected chi connectivity index (χ2v) is 4.80. The summed E-state index contributed by atoms with van der Waals surface area (Å²) >= 11 is 0. The predicted octanol–water partition coefficient (Wildman–Crippen LogP) is 3.78. The molecule has 2 heteroatoms. The first-order valence-corrected chi connectivity index (χ1v) is 6.73. The highest BCUT2D eigenvalue weighted by molar-refractivity contribution is 5.27. The molecule has 0 fully saturated rings. The fraction of sp³-hybridized carbons (Fsp3) is 0.500. The van der Waals surface area contributed by atoms with Crippen LogP contribution in [0, 0.1) is 5.92 Å². The van der Waals surface area contributed by atoms with E-state index in [0.717, 1.165) is 12.3 Å². The summed E-state index contributed by atoms with van der Waals surface area (Å²) in [5, 5.41) is 3.56. The zero-order valence-corrected chi connectivity index (χ0v) is 11.8. The molecule has 2 atom stereocenters. The Morgan fingerprint density at radius 1 is 1.28 bits per heavy atom. The molecule has 2 nitrogen and oxygen atoms in total. The van der Waals surface area contributed by atoms with Gasteiger partial charge < -0.3 is 10.1 Å². The zero-order valence-electron chi connectivity index (χ0n) is 11.8. The van der Waals surface area contributed by atoms with Crippen molar-refractivity contribution in [2.45, 2.75) is 39.8 Å². The summed E-state index contributed by atoms with van der Waals surface area (Å²) in [6, 6.07) is 8.78. The van der Waals surface area contributed by atoms with Crippen LogP contribution in [-0.2, 0) is 6.54 Å². The van der Waals surface area contributed by atoms with E-state index in [1.54, 1.807) is 6.08 Å². The van der Waals surface area contributed by atoms with E-state index in [4.69, 9.17) is 4.74 Å². The lowest BCUT2D eigenvalue weighted by atomic mass is 10.0. The van der Waals surface area contributed by atoms with Gasteiger partial charge in [-0.2, -0.15) is 0 Å². The van der Waals surface area contributed by atoms with Crippen molar-refractivity contribution in [2.24, 2.45) is 5.92 Å². The Balaban J connectivity index is 2.41. The molecular weight excluding hydrogens is 222 g/mol. The van der Waals surface area contributed by atoms with Gasteiger partial charge in [0.05, 0.1) is 0 Å². The zero-order chi connectivity index (χ0) is 13.4. The Kier molecular flexibility index (Phi) is 6.51. The van der Waals surface area contributed by atoms with Crippen LogP contribution in [0.15, 0.2) is 36.9 Å². The summed E-state index contributed by atoms with van der Waals surface area (Å²) in [7, 11) is 0. The van der Waals surface area contributed by atoms with Crippen molar-refractivity contribution in [3.8, 4) is 5.75 Å². The molecule has 0 saturated heterocycles. The minimum absolute atomic E-state index is 0.548. The second-order valence-electron chi connectivity index (χ2n) is 4.80. The molecular formula is C16H25NO. The summed E-state index contributed by atoms with van der Waals surface area (Å²) in [6.45, 7) is 11.9. The van der Waals surface area contributed by atoms with Crippen LogP contribution in [-0.4, -0.2) is 12.6 Å². The van der Waals surface area contributed by atoms with E-state index >= 15 is 0 Å². The van der Waals surface area contributed by atoms with Crippen LogP contribution < -0.4 is 10.1 Å². The standard InChI is InChI=1S/C16H25NO/c1-5-11-18-16-9-7-15(8-10-16)12-17-14(4)13(3)6-2/h5,7-10,13-14,17H,1,6,11-12H2,2-4H3. The minimum atomic E-state index is 0.548. The molecule has 0 heterocycles. The number of benzene rings is 1. The van der Waals surface area contributed by atoms with Crippen LogP contribution in [0.1, 0.15) is 32.8 Å². The fourth-order valence-corrected chi connectivity index (χ4v) is 1.69. The van der Waals surface area contributed by atoms with Gasteiger partial charge in [-0.15, -0.1) is 0 Å². The van der Waals surface area contributed by atoms with Gasteiger partial charge in [-0.3, -0.25) is 0 Å². The van der Waals surface area contributed by atoms with Crippen molar-refractivity contribution >= 4 is 0 Å². The average Bonchev–Trinajstić information content (AvgIpc) is 2.42. The summed E-state index contributed by atoms with van der Waals surface area (Å²) < 4.78 is 5.45. The van der Waals surface area contributed by atoms with Gasteiger partial charge in [-0.1, -0.05) is 45.1 Å². The number of hydrogen-bond donors (Lipinski definition) is 1. The molecule has 0 radical (unpaired) electrons. The largest absolute Gasteiger partial charge is 0.490 e. The van der Waals surface area contributed by atoms with E-state index in [1.165, 1.54) is 12.0 Å². The molecule has 0 aliphatic rings. The Morgan fingerprint density at radius 2 is 1.94 bits per heavy atom. The molecule has 1 aromatic rings. The molecule has 0 aliphatic carbocycles. The third-order valence-corrected chi connectivity index (χ3v) is 3.42. The number of rotatable bonds is 8. The van der Waals surface area contributed by atoms with Crippen LogP contribution in [0.4, 0.5) is 0 Å². The molecule has 18 heavy (non-hydrogen) atoms. The number of ether oxygens (including phenoxy) is 1. The average molecular weight is 247 g/mol. The molecule has 0 spiro atoms. The highest BCUT2D eigenvalue weighted by Gasteiger charge is 2.08. The van der Waals surface area contributed by atoms with Gasteiger partial charge in [0.2, 0.25) is 0 Å². The molecule has 0 saturated carbocycles. The van der Waals surface area contributed by atoms with E-state index in [0.29, 0.717) is 18.6 Å². The van der Waals surface area contributed by atoms with Crippen LogP contribution in [0.3, 0.4) is 0 Å². The van der Waals surface area contributed by atoms with Gasteiger partial charge in [-0.05, 0) is 30.5 Å². The van der Waals surface area contributed by atoms with Crippen LogP contribution in [0.25, 0.3) is 0 Å². The van der Waals surface area contributed by atoms with Crippen molar-refractivity contribution in [1.82, 2.24) is 5.32 Å². The van der Waals surface area contributed by atoms with Gasteiger partial charge in [-0.25, -0.2) is 0 Å². The van der Waals surface area contributed by atoms with E-state index in [9.17, 15) is 0 Å². The first kappa shape index (κ1) is 14.8. The topological polar surface area (TPSA) is 21.3 Å². The Labute approximate surface area is 111 Å². The SMILES string of the molecule is C=CCOc1ccc(CNC(C)C(C)CC)cc1. The van der Waals surface area contributed by atoms with E-state index in [-0.39, 0.29) is 0 Å². The lowest BCUT2D eigenvalue weighted by Crippen LogP contribution is -2.31. The number of nitrogens with one attached hydrogen (secondary N) is 1. The normalized spacial score (nSPS) is 13.9. The molecule has 2 unspecified atom stereocenters. The first-order chi connectivity index (χ1) is 8.67. The maximum Gasteiger partial charge on any atom is 0.119 e. The molecule has 1 rings (SSSR count). The third kappa shape index (κ3) is 4.92. The molecule has 0 aromatic heterocycles. The monoisotopic (exact) mass is 247 g/mol. The van der Waals surface area contributed by atoms with E-state index in [2.05, 4.69) is 44.8 Å². The lowest BCUT2D eigenvalue weighted by Gasteiger charge is -2.20. The maximum atomic E-state index is 5.45. The van der Waals surface area contributed by atoms with Gasteiger partial charge in [0, 0.05) is 12.6 Å². The summed E-state index contributed by atoms with van der Waals surface area (Å²) in [6.07, 6.45) is 2.96. The fourth-order valence-electron chi connectivity index (χ4n) is 1.69. The van der Waals surface area contributed by atoms with Crippen molar-refractivity contribution in [3.63, 3.8) is 0 Å². The molecule has 0 amide bonds. The van der Waals surface area contributed by atoms with Crippen LogP contribution in [0.5, 0.6) is 5.75 Å². The van der Waals surface area contributed by atoms with Gasteiger partial charge in [0.15, 0.2) is 0 Å². The smallest absolute Gasteiger partial charge is 0.119 e. The Bertz CT molecular complexity index is 345. The summed E-state index contributed by atoms with van der Waals surface area (Å²) in [4.78, 5) is 0. The summed E-state index contributed by atoms with van der Waals surface area (Å²) in [5.74, 6) is 1.61. The van der Waals surface area contributed by atoms with E-state index in [1.807, 2.05) is 12.1 Å². The van der Waals surface area contributed by atoms with Crippen molar-refractivity contribution in [1.29, 1.82) is 0 Å². The molecule has 0 bridgehead atoms. The number of hydrogen-bond acceptors (Lipinski definition) is 2. The van der Waals surface area contributed by atoms with Crippen LogP contribution >= 0.6 is 0 Å². The quantitative estimate of drug-likeness (QED) is 0.706. The molecule has 100 valence electrons. The van der Waals surface area contributed by atoms with E-state index < -0.39 is 0 Å². The highest BCUT2D eigenvalue weighted by atomic mass is 16.5. The molecule has 1 aromatic carbocycles. The second kappa shape index (κ2) is 7.93.